The normalized spacial score (nSPS) is 12.9. The van der Waals surface area contributed by atoms with Crippen molar-refractivity contribution in [1.82, 2.24) is 0 Å². The molecule has 0 radical (unpaired) electrons. The van der Waals surface area contributed by atoms with Crippen LogP contribution in [0, 0.1) is 0 Å². The molecule has 31 heavy (non-hydrogen) atoms. The van der Waals surface area contributed by atoms with E-state index >= 15 is 0 Å². The summed E-state index contributed by atoms with van der Waals surface area (Å²) in [6.07, 6.45) is 6.38. The molecule has 1 amide bonds. The van der Waals surface area contributed by atoms with Gasteiger partial charge < -0.3 is 19.3 Å². The molecule has 0 saturated carbocycles. The Hall–Kier alpha value is -4.13. The van der Waals surface area contributed by atoms with Crippen molar-refractivity contribution in [3.8, 4) is 0 Å². The Morgan fingerprint density at radius 1 is 0.871 bits per heavy atom. The fourth-order valence-electron chi connectivity index (χ4n) is 3.12. The minimum atomic E-state index is -0.713. The molecule has 1 heterocycles. The van der Waals surface area contributed by atoms with Gasteiger partial charge in [-0.15, -0.1) is 0 Å². The number of anilines is 2. The summed E-state index contributed by atoms with van der Waals surface area (Å²) < 4.78 is 9.73. The lowest BCUT2D eigenvalue weighted by Gasteiger charge is -2.24. The van der Waals surface area contributed by atoms with Crippen LogP contribution in [0.1, 0.15) is 10.4 Å². The van der Waals surface area contributed by atoms with Gasteiger partial charge in [-0.2, -0.15) is 0 Å². The topological polar surface area (TPSA) is 76.2 Å². The number of rotatable bonds is 5. The summed E-state index contributed by atoms with van der Waals surface area (Å²) in [6.45, 7) is 0. The van der Waals surface area contributed by atoms with Gasteiger partial charge in [0.1, 0.15) is 5.70 Å². The molecule has 0 aromatic heterocycles. The summed E-state index contributed by atoms with van der Waals surface area (Å²) in [5, 5.41) is 0. The van der Waals surface area contributed by atoms with E-state index in [-0.39, 0.29) is 17.2 Å². The molecule has 158 valence electrons. The van der Waals surface area contributed by atoms with Crippen molar-refractivity contribution in [2.75, 3.05) is 31.1 Å². The first-order chi connectivity index (χ1) is 15.0. The quantitative estimate of drug-likeness (QED) is 0.693. The summed E-state index contributed by atoms with van der Waals surface area (Å²) in [5.74, 6) is -1.61. The maximum atomic E-state index is 13.0. The highest BCUT2D eigenvalue weighted by Gasteiger charge is 2.28. The van der Waals surface area contributed by atoms with Gasteiger partial charge in [0.2, 0.25) is 0 Å². The first-order valence-electron chi connectivity index (χ1n) is 9.46. The molecule has 0 bridgehead atoms. The van der Waals surface area contributed by atoms with Crippen molar-refractivity contribution in [2.24, 2.45) is 0 Å². The van der Waals surface area contributed by atoms with Crippen LogP contribution in [-0.4, -0.2) is 39.1 Å². The van der Waals surface area contributed by atoms with Gasteiger partial charge in [0.25, 0.3) is 5.91 Å². The van der Waals surface area contributed by atoms with E-state index in [1.54, 1.807) is 49.7 Å². The molecule has 0 atom stereocenters. The average Bonchev–Trinajstić information content (AvgIpc) is 3.06. The Labute approximate surface area is 180 Å². The zero-order valence-electron chi connectivity index (χ0n) is 17.4. The van der Waals surface area contributed by atoms with Gasteiger partial charge in [-0.1, -0.05) is 30.3 Å². The van der Waals surface area contributed by atoms with Crippen LogP contribution in [0.4, 0.5) is 11.4 Å². The molecule has 7 nitrogen and oxygen atoms in total. The van der Waals surface area contributed by atoms with Gasteiger partial charge in [0.05, 0.1) is 19.8 Å². The number of carbonyl (C=O) groups is 3. The van der Waals surface area contributed by atoms with Gasteiger partial charge >= 0.3 is 11.9 Å². The van der Waals surface area contributed by atoms with Crippen molar-refractivity contribution in [3.63, 3.8) is 0 Å². The third-order valence-corrected chi connectivity index (χ3v) is 4.71. The highest BCUT2D eigenvalue weighted by atomic mass is 16.5. The predicted octanol–water partition coefficient (Wildman–Crippen LogP) is 3.45. The highest BCUT2D eigenvalue weighted by Crippen LogP contribution is 2.27. The van der Waals surface area contributed by atoms with E-state index in [9.17, 15) is 14.4 Å². The van der Waals surface area contributed by atoms with Crippen molar-refractivity contribution in [3.05, 3.63) is 95.9 Å². The van der Waals surface area contributed by atoms with Crippen LogP contribution in [0.2, 0.25) is 0 Å². The van der Waals surface area contributed by atoms with Crippen LogP contribution < -0.4 is 9.80 Å². The fourth-order valence-corrected chi connectivity index (χ4v) is 3.12. The molecule has 0 spiro atoms. The maximum Gasteiger partial charge on any atom is 0.355 e. The molecule has 0 aliphatic carbocycles. The smallest absolute Gasteiger partial charge is 0.355 e. The Morgan fingerprint density at radius 3 is 2.26 bits per heavy atom. The molecular weight excluding hydrogens is 396 g/mol. The van der Waals surface area contributed by atoms with Crippen LogP contribution in [0.15, 0.2) is 90.3 Å². The minimum absolute atomic E-state index is 0.0136. The Bertz CT molecular complexity index is 1090. The molecule has 7 heteroatoms. The number of methoxy groups -OCH3 is 2. The SMILES string of the molecule is COC(=O)C1=C(C(=O)OC)N(c2cccc(C(=O)N(C)c3ccccc3)c2)C=CC=C1. The summed E-state index contributed by atoms with van der Waals surface area (Å²) in [7, 11) is 4.16. The van der Waals surface area contributed by atoms with E-state index in [4.69, 9.17) is 9.47 Å². The first-order valence-corrected chi connectivity index (χ1v) is 9.46. The summed E-state index contributed by atoms with van der Waals surface area (Å²) >= 11 is 0. The predicted molar refractivity (Wildman–Crippen MR) is 117 cm³/mol. The molecule has 0 unspecified atom stereocenters. The average molecular weight is 418 g/mol. The number of benzene rings is 2. The molecular formula is C24H22N2O5. The molecule has 3 rings (SSSR count). The molecule has 0 N–H and O–H groups in total. The molecule has 1 aliphatic heterocycles. The minimum Gasteiger partial charge on any atom is -0.465 e. The number of ether oxygens (including phenoxy) is 2. The number of carbonyl (C=O) groups excluding carboxylic acids is 3. The van der Waals surface area contributed by atoms with Crippen LogP contribution in [0.25, 0.3) is 0 Å². The summed E-state index contributed by atoms with van der Waals surface area (Å²) in [4.78, 5) is 40.9. The molecule has 0 saturated heterocycles. The maximum absolute atomic E-state index is 13.0. The fraction of sp³-hybridized carbons (Fsp3) is 0.125. The van der Waals surface area contributed by atoms with Crippen LogP contribution >= 0.6 is 0 Å². The lowest BCUT2D eigenvalue weighted by Crippen LogP contribution is -2.28. The Kier molecular flexibility index (Phi) is 6.67. The van der Waals surface area contributed by atoms with Gasteiger partial charge in [-0.25, -0.2) is 9.59 Å². The second-order valence-electron chi connectivity index (χ2n) is 6.57. The van der Waals surface area contributed by atoms with Crippen LogP contribution in [0.5, 0.6) is 0 Å². The van der Waals surface area contributed by atoms with Crippen LogP contribution in [0.3, 0.4) is 0 Å². The van der Waals surface area contributed by atoms with Crippen molar-refractivity contribution in [2.45, 2.75) is 0 Å². The van der Waals surface area contributed by atoms with Gasteiger partial charge in [0.15, 0.2) is 0 Å². The summed E-state index contributed by atoms with van der Waals surface area (Å²) in [5.41, 5.74) is 1.70. The number of hydrogen-bond acceptors (Lipinski definition) is 6. The second kappa shape index (κ2) is 9.58. The number of amides is 1. The lowest BCUT2D eigenvalue weighted by molar-refractivity contribution is -0.139. The van der Waals surface area contributed by atoms with Crippen LogP contribution in [-0.2, 0) is 19.1 Å². The third-order valence-electron chi connectivity index (χ3n) is 4.71. The van der Waals surface area contributed by atoms with E-state index in [1.165, 1.54) is 30.1 Å². The largest absolute Gasteiger partial charge is 0.465 e. The van der Waals surface area contributed by atoms with E-state index in [0.29, 0.717) is 11.3 Å². The second-order valence-corrected chi connectivity index (χ2v) is 6.57. The van der Waals surface area contributed by atoms with E-state index in [0.717, 1.165) is 5.69 Å². The Balaban J connectivity index is 2.04. The Morgan fingerprint density at radius 2 is 1.58 bits per heavy atom. The van der Waals surface area contributed by atoms with Gasteiger partial charge in [-0.05, 0) is 42.5 Å². The number of hydrogen-bond donors (Lipinski definition) is 0. The standard InChI is InChI=1S/C24H22N2O5/c1-25(18-11-5-4-6-12-18)22(27)17-10-9-13-19(16-17)26-15-8-7-14-20(23(28)30-2)21(26)24(29)31-3/h4-16H,1-3H3. The van der Waals surface area contributed by atoms with E-state index < -0.39 is 11.9 Å². The molecule has 2 aromatic rings. The number of esters is 2. The first kappa shape index (κ1) is 21.6. The van der Waals surface area contributed by atoms with Crippen molar-refractivity contribution < 1.29 is 23.9 Å². The van der Waals surface area contributed by atoms with E-state index in [1.807, 2.05) is 30.3 Å². The van der Waals surface area contributed by atoms with E-state index in [2.05, 4.69) is 0 Å². The molecule has 1 aliphatic rings. The van der Waals surface area contributed by atoms with Gasteiger partial charge in [-0.3, -0.25) is 4.79 Å². The third kappa shape index (κ3) is 4.56. The number of allylic oxidation sites excluding steroid dienone is 2. The number of para-hydroxylation sites is 1. The molecule has 2 aromatic carbocycles. The zero-order valence-corrected chi connectivity index (χ0v) is 17.4. The zero-order chi connectivity index (χ0) is 22.4. The summed E-state index contributed by atoms with van der Waals surface area (Å²) in [6, 6.07) is 16.0. The van der Waals surface area contributed by atoms with Gasteiger partial charge in [0, 0.05) is 30.2 Å². The highest BCUT2D eigenvalue weighted by molar-refractivity contribution is 6.08. The molecule has 0 fully saturated rings. The van der Waals surface area contributed by atoms with Crippen molar-refractivity contribution in [1.29, 1.82) is 0 Å². The lowest BCUT2D eigenvalue weighted by atomic mass is 10.1. The number of nitrogens with zero attached hydrogens (tertiary/aromatic N) is 2. The van der Waals surface area contributed by atoms with Crippen molar-refractivity contribution >= 4 is 29.2 Å². The monoisotopic (exact) mass is 418 g/mol.